The molecule has 2 aromatic carbocycles. The summed E-state index contributed by atoms with van der Waals surface area (Å²) in [5.41, 5.74) is 1.49. The Labute approximate surface area is 151 Å². The first-order chi connectivity index (χ1) is 12.6. The van der Waals surface area contributed by atoms with E-state index in [4.69, 9.17) is 9.47 Å². The highest BCUT2D eigenvalue weighted by atomic mass is 19.1. The van der Waals surface area contributed by atoms with E-state index in [0.29, 0.717) is 5.56 Å². The molecule has 1 amide bonds. The molecule has 1 saturated heterocycles. The maximum absolute atomic E-state index is 13.7. The van der Waals surface area contributed by atoms with E-state index in [0.717, 1.165) is 37.6 Å². The fourth-order valence-corrected chi connectivity index (χ4v) is 2.87. The summed E-state index contributed by atoms with van der Waals surface area (Å²) in [6.45, 7) is 1.65. The lowest BCUT2D eigenvalue weighted by atomic mass is 10.1. The first-order valence-corrected chi connectivity index (χ1v) is 8.47. The van der Waals surface area contributed by atoms with Gasteiger partial charge < -0.3 is 14.4 Å². The molecule has 0 bridgehead atoms. The van der Waals surface area contributed by atoms with Crippen LogP contribution in [0.4, 0.5) is 4.39 Å². The minimum atomic E-state index is -0.622. The van der Waals surface area contributed by atoms with E-state index in [1.54, 1.807) is 24.3 Å². The number of nitrogens with zero attached hydrogens (tertiary/aromatic N) is 1. The quantitative estimate of drug-likeness (QED) is 0.770. The molecule has 0 spiro atoms. The zero-order chi connectivity index (χ0) is 18.5. The average molecular weight is 357 g/mol. The van der Waals surface area contributed by atoms with Gasteiger partial charge in [-0.1, -0.05) is 12.1 Å². The minimum Gasteiger partial charge on any atom is -0.494 e. The zero-order valence-corrected chi connectivity index (χ0v) is 14.5. The number of carbonyl (C=O) groups is 2. The van der Waals surface area contributed by atoms with Gasteiger partial charge in [-0.15, -0.1) is 0 Å². The number of amides is 1. The normalized spacial score (nSPS) is 13.5. The molecule has 3 rings (SSSR count). The van der Waals surface area contributed by atoms with E-state index in [1.165, 1.54) is 19.2 Å². The number of hydrogen-bond donors (Lipinski definition) is 0. The lowest BCUT2D eigenvalue weighted by molar-refractivity contribution is 0.0471. The van der Waals surface area contributed by atoms with Gasteiger partial charge in [0.05, 0.1) is 12.7 Å². The summed E-state index contributed by atoms with van der Waals surface area (Å²) in [7, 11) is 1.36. The second kappa shape index (κ2) is 7.99. The second-order valence-corrected chi connectivity index (χ2v) is 6.12. The van der Waals surface area contributed by atoms with E-state index < -0.39 is 11.8 Å². The van der Waals surface area contributed by atoms with Crippen LogP contribution in [0.1, 0.15) is 39.1 Å². The second-order valence-electron chi connectivity index (χ2n) is 6.12. The Morgan fingerprint density at radius 3 is 2.31 bits per heavy atom. The molecule has 2 aromatic rings. The molecule has 0 saturated carbocycles. The van der Waals surface area contributed by atoms with Crippen molar-refractivity contribution in [1.82, 2.24) is 4.90 Å². The Balaban J connectivity index is 1.58. The van der Waals surface area contributed by atoms with Crippen LogP contribution in [0.5, 0.6) is 5.75 Å². The van der Waals surface area contributed by atoms with Crippen LogP contribution in [-0.2, 0) is 11.3 Å². The largest absolute Gasteiger partial charge is 0.494 e. The van der Waals surface area contributed by atoms with Crippen LogP contribution in [0, 0.1) is 5.82 Å². The zero-order valence-electron chi connectivity index (χ0n) is 14.5. The third-order valence-corrected chi connectivity index (χ3v) is 4.35. The van der Waals surface area contributed by atoms with Crippen LogP contribution in [0.2, 0.25) is 0 Å². The van der Waals surface area contributed by atoms with E-state index in [-0.39, 0.29) is 23.8 Å². The summed E-state index contributed by atoms with van der Waals surface area (Å²) >= 11 is 0. The molecule has 0 unspecified atom stereocenters. The van der Waals surface area contributed by atoms with Gasteiger partial charge in [-0.05, 0) is 48.7 Å². The number of methoxy groups -OCH3 is 1. The van der Waals surface area contributed by atoms with Crippen molar-refractivity contribution in [2.24, 2.45) is 0 Å². The summed E-state index contributed by atoms with van der Waals surface area (Å²) in [5.74, 6) is -1.14. The molecule has 26 heavy (non-hydrogen) atoms. The lowest BCUT2D eigenvalue weighted by Crippen LogP contribution is -2.27. The smallest absolute Gasteiger partial charge is 0.338 e. The lowest BCUT2D eigenvalue weighted by Gasteiger charge is -2.15. The number of carbonyl (C=O) groups excluding carboxylic acids is 2. The molecule has 0 aliphatic carbocycles. The number of hydrogen-bond acceptors (Lipinski definition) is 4. The fourth-order valence-electron chi connectivity index (χ4n) is 2.87. The van der Waals surface area contributed by atoms with Crippen molar-refractivity contribution >= 4 is 11.9 Å². The number of esters is 1. The molecule has 136 valence electrons. The summed E-state index contributed by atoms with van der Waals surface area (Å²) in [6.07, 6.45) is 2.09. The van der Waals surface area contributed by atoms with Gasteiger partial charge in [0.15, 0.2) is 11.6 Å². The van der Waals surface area contributed by atoms with Crippen molar-refractivity contribution in [1.29, 1.82) is 0 Å². The highest BCUT2D eigenvalue weighted by Crippen LogP contribution is 2.19. The number of rotatable bonds is 5. The molecule has 0 aromatic heterocycles. The maximum atomic E-state index is 13.7. The maximum Gasteiger partial charge on any atom is 0.338 e. The van der Waals surface area contributed by atoms with Crippen molar-refractivity contribution in [3.8, 4) is 5.75 Å². The Hall–Kier alpha value is -2.89. The van der Waals surface area contributed by atoms with Gasteiger partial charge in [0, 0.05) is 18.7 Å². The van der Waals surface area contributed by atoms with Crippen molar-refractivity contribution in [2.45, 2.75) is 19.4 Å². The van der Waals surface area contributed by atoms with Crippen LogP contribution in [-0.4, -0.2) is 37.0 Å². The van der Waals surface area contributed by atoms with Gasteiger partial charge in [-0.25, -0.2) is 9.18 Å². The van der Waals surface area contributed by atoms with Crippen molar-refractivity contribution in [2.75, 3.05) is 20.2 Å². The van der Waals surface area contributed by atoms with Gasteiger partial charge in [0.2, 0.25) is 0 Å². The minimum absolute atomic E-state index is 0.0275. The first kappa shape index (κ1) is 17.9. The highest BCUT2D eigenvalue weighted by Gasteiger charge is 2.19. The predicted molar refractivity (Wildman–Crippen MR) is 93.7 cm³/mol. The molecule has 0 atom stereocenters. The highest BCUT2D eigenvalue weighted by molar-refractivity contribution is 5.94. The van der Waals surface area contributed by atoms with Crippen LogP contribution in [0.15, 0.2) is 42.5 Å². The molecule has 5 nitrogen and oxygen atoms in total. The van der Waals surface area contributed by atoms with E-state index >= 15 is 0 Å². The van der Waals surface area contributed by atoms with Gasteiger partial charge in [-0.2, -0.15) is 0 Å². The van der Waals surface area contributed by atoms with E-state index in [2.05, 4.69) is 0 Å². The van der Waals surface area contributed by atoms with Crippen molar-refractivity contribution in [3.05, 3.63) is 65.0 Å². The number of benzene rings is 2. The standard InChI is InChI=1S/C20H20FNO4/c1-25-18-9-8-16(12-17(18)21)20(24)26-13-14-4-6-15(7-5-14)19(23)22-10-2-3-11-22/h4-9,12H,2-3,10-11,13H2,1H3. The van der Waals surface area contributed by atoms with Crippen LogP contribution in [0.3, 0.4) is 0 Å². The molecule has 1 fully saturated rings. The average Bonchev–Trinajstić information content (AvgIpc) is 3.20. The molecular weight excluding hydrogens is 337 g/mol. The van der Waals surface area contributed by atoms with Crippen molar-refractivity contribution in [3.63, 3.8) is 0 Å². The topological polar surface area (TPSA) is 55.8 Å². The Morgan fingerprint density at radius 1 is 1.04 bits per heavy atom. The predicted octanol–water partition coefficient (Wildman–Crippen LogP) is 3.43. The monoisotopic (exact) mass is 357 g/mol. The van der Waals surface area contributed by atoms with Gasteiger partial charge in [0.25, 0.3) is 5.91 Å². The van der Waals surface area contributed by atoms with Gasteiger partial charge in [0.1, 0.15) is 6.61 Å². The SMILES string of the molecule is COc1ccc(C(=O)OCc2ccc(C(=O)N3CCCC3)cc2)cc1F. The molecule has 1 aliphatic rings. The Bertz CT molecular complexity index is 798. The van der Waals surface area contributed by atoms with Crippen LogP contribution in [0.25, 0.3) is 0 Å². The molecular formula is C20H20FNO4. The molecule has 1 heterocycles. The first-order valence-electron chi connectivity index (χ1n) is 8.47. The number of halogens is 1. The summed E-state index contributed by atoms with van der Waals surface area (Å²) < 4.78 is 23.7. The van der Waals surface area contributed by atoms with Gasteiger partial charge in [-0.3, -0.25) is 4.79 Å². The van der Waals surface area contributed by atoms with Crippen molar-refractivity contribution < 1.29 is 23.5 Å². The molecule has 6 heteroatoms. The fraction of sp³-hybridized carbons (Fsp3) is 0.300. The Kier molecular flexibility index (Phi) is 5.51. The summed E-state index contributed by atoms with van der Waals surface area (Å²) in [5, 5.41) is 0. The van der Waals surface area contributed by atoms with Crippen LogP contribution < -0.4 is 4.74 Å². The molecule has 0 radical (unpaired) electrons. The number of ether oxygens (including phenoxy) is 2. The molecule has 0 N–H and O–H groups in total. The molecule has 1 aliphatic heterocycles. The summed E-state index contributed by atoms with van der Waals surface area (Å²) in [4.78, 5) is 26.2. The van der Waals surface area contributed by atoms with Gasteiger partial charge >= 0.3 is 5.97 Å². The third-order valence-electron chi connectivity index (χ3n) is 4.35. The summed E-state index contributed by atoms with van der Waals surface area (Å²) in [6, 6.07) is 10.9. The third kappa shape index (κ3) is 4.02. The Morgan fingerprint density at radius 2 is 1.69 bits per heavy atom. The van der Waals surface area contributed by atoms with Crippen LogP contribution >= 0.6 is 0 Å². The van der Waals surface area contributed by atoms with E-state index in [1.807, 2.05) is 4.90 Å². The van der Waals surface area contributed by atoms with E-state index in [9.17, 15) is 14.0 Å². The number of likely N-dealkylation sites (tertiary alicyclic amines) is 1.